The zero-order chi connectivity index (χ0) is 18.8. The van der Waals surface area contributed by atoms with Crippen LogP contribution in [0.1, 0.15) is 49.4 Å². The lowest BCUT2D eigenvalue weighted by molar-refractivity contribution is 0.410. The van der Waals surface area contributed by atoms with Crippen molar-refractivity contribution in [2.24, 2.45) is 0 Å². The molecule has 1 aliphatic carbocycles. The molecule has 2 heterocycles. The first-order valence-corrected chi connectivity index (χ1v) is 9.06. The predicted octanol–water partition coefficient (Wildman–Crippen LogP) is 4.11. The van der Waals surface area contributed by atoms with Gasteiger partial charge in [-0.2, -0.15) is 15.1 Å². The average Bonchev–Trinajstić information content (AvgIpc) is 3.01. The van der Waals surface area contributed by atoms with Gasteiger partial charge in [0.1, 0.15) is 17.5 Å². The van der Waals surface area contributed by atoms with Crippen LogP contribution in [0.25, 0.3) is 0 Å². The van der Waals surface area contributed by atoms with E-state index in [4.69, 9.17) is 5.73 Å². The monoisotopic (exact) mass is 367 g/mol. The summed E-state index contributed by atoms with van der Waals surface area (Å²) < 4.78 is 13.1. The number of hydrogen-bond donors (Lipinski definition) is 4. The van der Waals surface area contributed by atoms with Crippen LogP contribution in [0, 0.1) is 5.82 Å². The first-order chi connectivity index (χ1) is 13.1. The van der Waals surface area contributed by atoms with Crippen LogP contribution in [0.15, 0.2) is 36.4 Å². The molecule has 1 aliphatic rings. The second kappa shape index (κ2) is 7.22. The Bertz CT molecular complexity index is 918. The van der Waals surface area contributed by atoms with Crippen molar-refractivity contribution < 1.29 is 4.39 Å². The third kappa shape index (κ3) is 3.99. The molecule has 0 radical (unpaired) electrons. The van der Waals surface area contributed by atoms with Gasteiger partial charge in [0.05, 0.1) is 0 Å². The highest BCUT2D eigenvalue weighted by molar-refractivity contribution is 5.58. The Balaban J connectivity index is 1.47. The van der Waals surface area contributed by atoms with Gasteiger partial charge in [0.2, 0.25) is 5.95 Å². The summed E-state index contributed by atoms with van der Waals surface area (Å²) >= 11 is 0. The summed E-state index contributed by atoms with van der Waals surface area (Å²) in [6.45, 7) is 1.97. The van der Waals surface area contributed by atoms with E-state index in [1.165, 1.54) is 31.4 Å². The van der Waals surface area contributed by atoms with Crippen molar-refractivity contribution in [2.75, 3.05) is 16.4 Å². The molecule has 0 aliphatic heterocycles. The Kier molecular flexibility index (Phi) is 4.62. The van der Waals surface area contributed by atoms with E-state index in [1.54, 1.807) is 18.2 Å². The molecule has 27 heavy (non-hydrogen) atoms. The van der Waals surface area contributed by atoms with E-state index in [2.05, 4.69) is 30.8 Å². The molecule has 4 rings (SSSR count). The molecular weight excluding hydrogens is 345 g/mol. The van der Waals surface area contributed by atoms with E-state index in [0.717, 1.165) is 11.3 Å². The second-order valence-corrected chi connectivity index (χ2v) is 6.88. The lowest BCUT2D eigenvalue weighted by Crippen LogP contribution is -2.10. The van der Waals surface area contributed by atoms with Gasteiger partial charge in [0.15, 0.2) is 5.82 Å². The van der Waals surface area contributed by atoms with Gasteiger partial charge in [-0.05, 0) is 37.5 Å². The highest BCUT2D eigenvalue weighted by atomic mass is 19.1. The van der Waals surface area contributed by atoms with E-state index in [1.807, 2.05) is 13.0 Å². The number of nitrogens with two attached hydrogens (primary N) is 1. The minimum Gasteiger partial charge on any atom is -0.368 e. The maximum absolute atomic E-state index is 13.1. The van der Waals surface area contributed by atoms with Crippen molar-refractivity contribution in [2.45, 2.75) is 38.1 Å². The van der Waals surface area contributed by atoms with Gasteiger partial charge in [0.25, 0.3) is 0 Å². The van der Waals surface area contributed by atoms with E-state index in [-0.39, 0.29) is 17.8 Å². The number of aromatic amines is 1. The molecule has 5 N–H and O–H groups in total. The minimum atomic E-state index is -0.260. The van der Waals surface area contributed by atoms with Crippen molar-refractivity contribution in [1.29, 1.82) is 0 Å². The van der Waals surface area contributed by atoms with Gasteiger partial charge >= 0.3 is 0 Å². The summed E-state index contributed by atoms with van der Waals surface area (Å²) in [7, 11) is 0. The lowest BCUT2D eigenvalue weighted by Gasteiger charge is -2.23. The maximum Gasteiger partial charge on any atom is 0.223 e. The summed E-state index contributed by atoms with van der Waals surface area (Å²) in [5.41, 5.74) is 7.94. The van der Waals surface area contributed by atoms with Crippen molar-refractivity contribution in [3.63, 3.8) is 0 Å². The normalized spacial score (nSPS) is 15.2. The van der Waals surface area contributed by atoms with E-state index in [0.29, 0.717) is 23.4 Å². The minimum absolute atomic E-state index is 0.0663. The van der Waals surface area contributed by atoms with Gasteiger partial charge in [-0.3, -0.25) is 5.10 Å². The molecule has 7 nitrogen and oxygen atoms in total. The molecule has 1 unspecified atom stereocenters. The largest absolute Gasteiger partial charge is 0.368 e. The molecule has 1 saturated carbocycles. The number of benzene rings is 1. The first-order valence-electron chi connectivity index (χ1n) is 9.06. The van der Waals surface area contributed by atoms with Crippen LogP contribution in [-0.4, -0.2) is 20.2 Å². The Morgan fingerprint density at radius 3 is 2.56 bits per heavy atom. The van der Waals surface area contributed by atoms with Gasteiger partial charge < -0.3 is 16.4 Å². The van der Waals surface area contributed by atoms with Gasteiger partial charge in [-0.15, -0.1) is 0 Å². The number of nitrogens with zero attached hydrogens (tertiary/aromatic N) is 3. The molecule has 0 spiro atoms. The molecule has 1 atom stereocenters. The summed E-state index contributed by atoms with van der Waals surface area (Å²) in [6.07, 6.45) is 3.69. The predicted molar refractivity (Wildman–Crippen MR) is 103 cm³/mol. The number of hydrogen-bond acceptors (Lipinski definition) is 6. The fraction of sp³-hybridized carbons (Fsp3) is 0.316. The van der Waals surface area contributed by atoms with E-state index in [9.17, 15) is 4.39 Å². The lowest BCUT2D eigenvalue weighted by atomic mass is 9.83. The molecule has 1 aromatic carbocycles. The van der Waals surface area contributed by atoms with Gasteiger partial charge in [0, 0.05) is 29.8 Å². The van der Waals surface area contributed by atoms with Crippen molar-refractivity contribution in [1.82, 2.24) is 20.2 Å². The summed E-state index contributed by atoms with van der Waals surface area (Å²) in [6, 6.07) is 10.1. The molecule has 0 saturated heterocycles. The zero-order valence-electron chi connectivity index (χ0n) is 15.0. The smallest absolute Gasteiger partial charge is 0.223 e. The highest BCUT2D eigenvalue weighted by Gasteiger charge is 2.21. The molecular formula is C19H22FN7. The Hall–Kier alpha value is -3.16. The quantitative estimate of drug-likeness (QED) is 0.523. The topological polar surface area (TPSA) is 105 Å². The molecule has 1 fully saturated rings. The molecule has 0 amide bonds. The summed E-state index contributed by atoms with van der Waals surface area (Å²) in [5, 5.41) is 13.8. The Morgan fingerprint density at radius 2 is 1.85 bits per heavy atom. The van der Waals surface area contributed by atoms with Gasteiger partial charge in [-0.1, -0.05) is 18.6 Å². The Morgan fingerprint density at radius 1 is 1.11 bits per heavy atom. The number of nitrogen functional groups attached to an aromatic ring is 1. The van der Waals surface area contributed by atoms with Crippen LogP contribution in [0.5, 0.6) is 0 Å². The highest BCUT2D eigenvalue weighted by Crippen LogP contribution is 2.36. The van der Waals surface area contributed by atoms with Crippen LogP contribution in [-0.2, 0) is 0 Å². The third-order valence-corrected chi connectivity index (χ3v) is 4.88. The van der Waals surface area contributed by atoms with Crippen LogP contribution < -0.4 is 16.4 Å². The molecule has 8 heteroatoms. The maximum atomic E-state index is 13.1. The van der Waals surface area contributed by atoms with Crippen molar-refractivity contribution in [3.8, 4) is 0 Å². The van der Waals surface area contributed by atoms with Crippen LogP contribution in [0.3, 0.4) is 0 Å². The number of halogens is 1. The second-order valence-electron chi connectivity index (χ2n) is 6.88. The van der Waals surface area contributed by atoms with Crippen LogP contribution in [0.4, 0.5) is 27.8 Å². The number of anilines is 4. The number of rotatable bonds is 6. The zero-order valence-corrected chi connectivity index (χ0v) is 15.0. The fourth-order valence-corrected chi connectivity index (χ4v) is 3.12. The molecule has 0 bridgehead atoms. The number of aromatic nitrogens is 4. The molecule has 3 aromatic rings. The van der Waals surface area contributed by atoms with Crippen LogP contribution >= 0.6 is 0 Å². The number of H-pyrrole nitrogens is 1. The standard InChI is InChI=1S/C19H22FN7/c1-11(12-5-7-14(20)8-6-12)22-16-10-17(25-19(21)24-16)23-18-9-15(26-27-18)13-3-2-4-13/h5-11,13H,2-4H2,1H3,(H5,21,22,23,24,25,26,27). The summed E-state index contributed by atoms with van der Waals surface area (Å²) in [5.74, 6) is 2.32. The fourth-order valence-electron chi connectivity index (χ4n) is 3.12. The van der Waals surface area contributed by atoms with Crippen molar-refractivity contribution >= 4 is 23.4 Å². The van der Waals surface area contributed by atoms with Crippen molar-refractivity contribution in [3.05, 3.63) is 53.5 Å². The third-order valence-electron chi connectivity index (χ3n) is 4.88. The average molecular weight is 367 g/mol. The Labute approximate surface area is 156 Å². The van der Waals surface area contributed by atoms with Gasteiger partial charge in [-0.25, -0.2) is 4.39 Å². The van der Waals surface area contributed by atoms with Crippen LogP contribution in [0.2, 0.25) is 0 Å². The van der Waals surface area contributed by atoms with E-state index < -0.39 is 0 Å². The molecule has 2 aromatic heterocycles. The first kappa shape index (κ1) is 17.3. The SMILES string of the molecule is CC(Nc1cc(Nc2cc(C3CCC3)[nH]n2)nc(N)n1)c1ccc(F)cc1. The van der Waals surface area contributed by atoms with E-state index >= 15 is 0 Å². The summed E-state index contributed by atoms with van der Waals surface area (Å²) in [4.78, 5) is 8.45. The molecule has 140 valence electrons. The number of nitrogens with one attached hydrogen (secondary N) is 3.